The second-order valence-corrected chi connectivity index (χ2v) is 3.90. The Kier molecular flexibility index (Phi) is 3.31. The molecule has 0 aliphatic carbocycles. The van der Waals surface area contributed by atoms with Gasteiger partial charge in [0.15, 0.2) is 0 Å². The van der Waals surface area contributed by atoms with E-state index in [4.69, 9.17) is 0 Å². The average molecular weight is 216 g/mol. The van der Waals surface area contributed by atoms with Crippen LogP contribution in [0.4, 0.5) is 0 Å². The van der Waals surface area contributed by atoms with Gasteiger partial charge in [0.05, 0.1) is 12.0 Å². The van der Waals surface area contributed by atoms with Crippen LogP contribution in [0.2, 0.25) is 0 Å². The number of aromatic nitrogens is 3. The van der Waals surface area contributed by atoms with Crippen molar-refractivity contribution >= 4 is 0 Å². The Bertz CT molecular complexity index is 462. The molecule has 0 saturated heterocycles. The summed E-state index contributed by atoms with van der Waals surface area (Å²) in [6.07, 6.45) is 7.41. The van der Waals surface area contributed by atoms with Crippen molar-refractivity contribution in [3.63, 3.8) is 0 Å². The maximum atomic E-state index is 4.08. The first-order valence-electron chi connectivity index (χ1n) is 5.33. The molecule has 84 valence electrons. The molecule has 1 N–H and O–H groups in total. The van der Waals surface area contributed by atoms with Crippen molar-refractivity contribution in [3.8, 4) is 0 Å². The zero-order chi connectivity index (χ0) is 11.4. The third-order valence-electron chi connectivity index (χ3n) is 2.67. The molecule has 0 unspecified atom stereocenters. The predicted molar refractivity (Wildman–Crippen MR) is 62.7 cm³/mol. The summed E-state index contributed by atoms with van der Waals surface area (Å²) >= 11 is 0. The molecule has 0 atom stereocenters. The molecule has 2 aromatic heterocycles. The Balaban J connectivity index is 1.89. The van der Waals surface area contributed by atoms with Gasteiger partial charge in [-0.05, 0) is 24.1 Å². The van der Waals surface area contributed by atoms with E-state index in [-0.39, 0.29) is 0 Å². The van der Waals surface area contributed by atoms with Gasteiger partial charge in [-0.3, -0.25) is 4.98 Å². The topological polar surface area (TPSA) is 42.7 Å². The highest BCUT2D eigenvalue weighted by Crippen LogP contribution is 2.04. The zero-order valence-electron chi connectivity index (χ0n) is 9.64. The van der Waals surface area contributed by atoms with Crippen LogP contribution in [0.15, 0.2) is 31.0 Å². The van der Waals surface area contributed by atoms with E-state index in [1.54, 1.807) is 0 Å². The molecule has 0 aliphatic rings. The number of imidazole rings is 1. The van der Waals surface area contributed by atoms with Crippen molar-refractivity contribution in [3.05, 3.63) is 47.8 Å². The Labute approximate surface area is 95.4 Å². The predicted octanol–water partition coefficient (Wildman–Crippen LogP) is 1.41. The molecule has 16 heavy (non-hydrogen) atoms. The summed E-state index contributed by atoms with van der Waals surface area (Å²) in [6.45, 7) is 3.77. The van der Waals surface area contributed by atoms with E-state index in [2.05, 4.69) is 22.2 Å². The lowest BCUT2D eigenvalue weighted by atomic mass is 10.1. The molecule has 0 saturated carbocycles. The molecule has 2 aromatic rings. The fourth-order valence-electron chi connectivity index (χ4n) is 1.58. The van der Waals surface area contributed by atoms with Crippen LogP contribution in [0.1, 0.15) is 16.8 Å². The molecule has 2 rings (SSSR count). The molecule has 4 heteroatoms. The zero-order valence-corrected chi connectivity index (χ0v) is 9.64. The quantitative estimate of drug-likeness (QED) is 0.840. The van der Waals surface area contributed by atoms with Crippen LogP contribution in [0.25, 0.3) is 0 Å². The van der Waals surface area contributed by atoms with Crippen LogP contribution in [-0.2, 0) is 20.1 Å². The number of aryl methyl sites for hydroxylation is 2. The fourth-order valence-corrected chi connectivity index (χ4v) is 1.58. The Morgan fingerprint density at radius 1 is 1.25 bits per heavy atom. The Morgan fingerprint density at radius 3 is 2.81 bits per heavy atom. The fraction of sp³-hybridized carbons (Fsp3) is 0.333. The first-order chi connectivity index (χ1) is 7.77. The van der Waals surface area contributed by atoms with Gasteiger partial charge in [-0.1, -0.05) is 0 Å². The summed E-state index contributed by atoms with van der Waals surface area (Å²) in [5.41, 5.74) is 3.70. The average Bonchev–Trinajstić information content (AvgIpc) is 2.67. The first kappa shape index (κ1) is 10.8. The minimum atomic E-state index is 0.832. The molecule has 2 heterocycles. The highest BCUT2D eigenvalue weighted by molar-refractivity contribution is 5.21. The van der Waals surface area contributed by atoms with Crippen molar-refractivity contribution in [2.75, 3.05) is 0 Å². The molecule has 0 fully saturated rings. The molecular weight excluding hydrogens is 200 g/mol. The third kappa shape index (κ3) is 2.46. The number of hydrogen-bond acceptors (Lipinski definition) is 3. The van der Waals surface area contributed by atoms with Crippen LogP contribution in [0.5, 0.6) is 0 Å². The number of nitrogens with one attached hydrogen (secondary N) is 1. The summed E-state index contributed by atoms with van der Waals surface area (Å²) in [5.74, 6) is 0. The maximum absolute atomic E-state index is 4.08. The van der Waals surface area contributed by atoms with E-state index in [0.29, 0.717) is 0 Å². The molecule has 0 aromatic carbocycles. The highest BCUT2D eigenvalue weighted by Gasteiger charge is 1.99. The van der Waals surface area contributed by atoms with E-state index < -0.39 is 0 Å². The maximum Gasteiger partial charge on any atom is 0.0945 e. The first-order valence-corrected chi connectivity index (χ1v) is 5.33. The summed E-state index contributed by atoms with van der Waals surface area (Å²) in [7, 11) is 2.00. The smallest absolute Gasteiger partial charge is 0.0945 e. The van der Waals surface area contributed by atoms with Gasteiger partial charge in [-0.25, -0.2) is 4.98 Å². The normalized spacial score (nSPS) is 10.6. The van der Waals surface area contributed by atoms with Gasteiger partial charge in [0.2, 0.25) is 0 Å². The lowest BCUT2D eigenvalue weighted by Gasteiger charge is -2.07. The minimum Gasteiger partial charge on any atom is -0.337 e. The standard InChI is InChI=1S/C12H16N4/c1-10-5-13-4-3-11(10)6-14-7-12-8-15-9-16(12)2/h3-5,8-9,14H,6-7H2,1-2H3. The monoisotopic (exact) mass is 216 g/mol. The lowest BCUT2D eigenvalue weighted by Crippen LogP contribution is -2.15. The Hall–Kier alpha value is -1.68. The van der Waals surface area contributed by atoms with Crippen LogP contribution < -0.4 is 5.32 Å². The molecule has 4 nitrogen and oxygen atoms in total. The minimum absolute atomic E-state index is 0.832. The van der Waals surface area contributed by atoms with Crippen LogP contribution in [-0.4, -0.2) is 14.5 Å². The molecule has 0 spiro atoms. The van der Waals surface area contributed by atoms with Gasteiger partial charge in [-0.15, -0.1) is 0 Å². The van der Waals surface area contributed by atoms with Crippen LogP contribution in [0.3, 0.4) is 0 Å². The van der Waals surface area contributed by atoms with Crippen molar-refractivity contribution in [2.45, 2.75) is 20.0 Å². The highest BCUT2D eigenvalue weighted by atomic mass is 15.0. The molecule has 0 radical (unpaired) electrons. The largest absolute Gasteiger partial charge is 0.337 e. The summed E-state index contributed by atoms with van der Waals surface area (Å²) in [5, 5.41) is 3.40. The Morgan fingerprint density at radius 2 is 2.12 bits per heavy atom. The van der Waals surface area contributed by atoms with Crippen molar-refractivity contribution in [1.29, 1.82) is 0 Å². The second-order valence-electron chi connectivity index (χ2n) is 3.90. The lowest BCUT2D eigenvalue weighted by molar-refractivity contribution is 0.653. The van der Waals surface area contributed by atoms with E-state index in [9.17, 15) is 0 Å². The number of hydrogen-bond donors (Lipinski definition) is 1. The van der Waals surface area contributed by atoms with Gasteiger partial charge >= 0.3 is 0 Å². The third-order valence-corrected chi connectivity index (χ3v) is 2.67. The second kappa shape index (κ2) is 4.90. The molecule has 0 amide bonds. The van der Waals surface area contributed by atoms with Gasteiger partial charge in [-0.2, -0.15) is 0 Å². The van der Waals surface area contributed by atoms with Crippen molar-refractivity contribution in [2.24, 2.45) is 7.05 Å². The molecule has 0 bridgehead atoms. The van der Waals surface area contributed by atoms with Gasteiger partial charge in [0, 0.05) is 38.7 Å². The summed E-state index contributed by atoms with van der Waals surface area (Å²) in [6, 6.07) is 2.05. The van der Waals surface area contributed by atoms with Gasteiger partial charge in [0.25, 0.3) is 0 Å². The van der Waals surface area contributed by atoms with E-state index in [0.717, 1.165) is 13.1 Å². The number of rotatable bonds is 4. The SMILES string of the molecule is Cc1cnccc1CNCc1cncn1C. The summed E-state index contributed by atoms with van der Waals surface area (Å²) in [4.78, 5) is 8.15. The summed E-state index contributed by atoms with van der Waals surface area (Å²) < 4.78 is 2.02. The van der Waals surface area contributed by atoms with Gasteiger partial charge in [0.1, 0.15) is 0 Å². The van der Waals surface area contributed by atoms with Crippen molar-refractivity contribution < 1.29 is 0 Å². The van der Waals surface area contributed by atoms with Crippen LogP contribution in [0, 0.1) is 6.92 Å². The van der Waals surface area contributed by atoms with Crippen molar-refractivity contribution in [1.82, 2.24) is 19.9 Å². The number of nitrogens with zero attached hydrogens (tertiary/aromatic N) is 3. The van der Waals surface area contributed by atoms with E-state index >= 15 is 0 Å². The van der Waals surface area contributed by atoms with E-state index in [1.807, 2.05) is 42.6 Å². The van der Waals surface area contributed by atoms with Crippen LogP contribution >= 0.6 is 0 Å². The molecule has 0 aliphatic heterocycles. The number of pyridine rings is 1. The van der Waals surface area contributed by atoms with E-state index in [1.165, 1.54) is 16.8 Å². The van der Waals surface area contributed by atoms with Gasteiger partial charge < -0.3 is 9.88 Å². The molecular formula is C12H16N4.